The highest BCUT2D eigenvalue weighted by molar-refractivity contribution is 14.1. The van der Waals surface area contributed by atoms with Crippen LogP contribution in [0.1, 0.15) is 0 Å². The first-order valence-corrected chi connectivity index (χ1v) is 5.68. The van der Waals surface area contributed by atoms with E-state index in [4.69, 9.17) is 8.94 Å². The van der Waals surface area contributed by atoms with E-state index in [2.05, 4.69) is 10.5 Å². The lowest BCUT2D eigenvalue weighted by Gasteiger charge is -1.93. The molecule has 2 aromatic rings. The Morgan fingerprint density at radius 1 is 1.53 bits per heavy atom. The van der Waals surface area contributed by atoms with Gasteiger partial charge in [-0.1, -0.05) is 27.7 Å². The molecular weight excluding hydrogens is 311 g/mol. The van der Waals surface area contributed by atoms with Crippen LogP contribution in [0.15, 0.2) is 33.4 Å². The number of carbonyl (C=O) groups is 1. The second-order valence-corrected chi connectivity index (χ2v) is 3.50. The maximum absolute atomic E-state index is 11.1. The predicted octanol–water partition coefficient (Wildman–Crippen LogP) is 2.31. The van der Waals surface area contributed by atoms with E-state index >= 15 is 0 Å². The van der Waals surface area contributed by atoms with Crippen molar-refractivity contribution in [1.82, 2.24) is 5.16 Å². The van der Waals surface area contributed by atoms with Crippen molar-refractivity contribution in [2.45, 2.75) is 0 Å². The number of halogens is 1. The number of furan rings is 1. The first-order chi connectivity index (χ1) is 7.29. The van der Waals surface area contributed by atoms with Gasteiger partial charge >= 0.3 is 0 Å². The zero-order valence-corrected chi connectivity index (χ0v) is 9.72. The molecule has 78 valence electrons. The van der Waals surface area contributed by atoms with Crippen LogP contribution in [0.4, 0.5) is 5.82 Å². The summed E-state index contributed by atoms with van der Waals surface area (Å²) in [5, 5.41) is 6.27. The average molecular weight is 318 g/mol. The Labute approximate surface area is 99.0 Å². The fourth-order valence-corrected chi connectivity index (χ4v) is 1.24. The molecule has 0 unspecified atom stereocenters. The minimum Gasteiger partial charge on any atom is -0.461 e. The Kier molecular flexibility index (Phi) is 3.05. The van der Waals surface area contributed by atoms with Gasteiger partial charge in [-0.2, -0.15) is 0 Å². The maximum atomic E-state index is 11.1. The van der Waals surface area contributed by atoms with Crippen molar-refractivity contribution in [3.63, 3.8) is 0 Å². The van der Waals surface area contributed by atoms with Gasteiger partial charge in [-0.05, 0) is 12.1 Å². The van der Waals surface area contributed by atoms with E-state index < -0.39 is 0 Å². The Morgan fingerprint density at radius 3 is 3.07 bits per heavy atom. The number of alkyl halides is 1. The third kappa shape index (κ3) is 2.38. The summed E-state index contributed by atoms with van der Waals surface area (Å²) in [6.07, 6.45) is 1.54. The summed E-state index contributed by atoms with van der Waals surface area (Å²) in [6.45, 7) is 0. The van der Waals surface area contributed by atoms with Gasteiger partial charge < -0.3 is 14.3 Å². The Hall–Kier alpha value is -1.31. The molecule has 0 aliphatic carbocycles. The van der Waals surface area contributed by atoms with E-state index in [9.17, 15) is 4.79 Å². The SMILES string of the molecule is O=C(CI)Nc1cc(-c2ccco2)on1. The zero-order chi connectivity index (χ0) is 10.7. The lowest BCUT2D eigenvalue weighted by atomic mass is 10.3. The van der Waals surface area contributed by atoms with Crippen LogP contribution in [0.2, 0.25) is 0 Å². The van der Waals surface area contributed by atoms with E-state index in [1.165, 1.54) is 0 Å². The molecule has 2 rings (SSSR count). The van der Waals surface area contributed by atoms with Crippen molar-refractivity contribution >= 4 is 34.3 Å². The highest BCUT2D eigenvalue weighted by Crippen LogP contribution is 2.22. The molecule has 1 amide bonds. The number of hydrogen-bond donors (Lipinski definition) is 1. The molecular formula is C9H7IN2O3. The van der Waals surface area contributed by atoms with Gasteiger partial charge in [-0.25, -0.2) is 0 Å². The van der Waals surface area contributed by atoms with Gasteiger partial charge in [0.15, 0.2) is 11.6 Å². The van der Waals surface area contributed by atoms with Crippen molar-refractivity contribution in [3.05, 3.63) is 24.5 Å². The minimum atomic E-state index is -0.116. The molecule has 0 atom stereocenters. The van der Waals surface area contributed by atoms with Gasteiger partial charge in [-0.15, -0.1) is 0 Å². The molecule has 0 fully saturated rings. The summed E-state index contributed by atoms with van der Waals surface area (Å²) in [5.41, 5.74) is 0. The second kappa shape index (κ2) is 4.47. The van der Waals surface area contributed by atoms with E-state index in [1.807, 2.05) is 22.6 Å². The molecule has 0 bridgehead atoms. The number of aromatic nitrogens is 1. The molecule has 2 aromatic heterocycles. The monoisotopic (exact) mass is 318 g/mol. The number of carbonyl (C=O) groups excluding carboxylic acids is 1. The van der Waals surface area contributed by atoms with Crippen LogP contribution in [0.25, 0.3) is 11.5 Å². The fourth-order valence-electron chi connectivity index (χ4n) is 1.05. The van der Waals surface area contributed by atoms with Crippen LogP contribution in [-0.2, 0) is 4.79 Å². The number of anilines is 1. The molecule has 15 heavy (non-hydrogen) atoms. The molecule has 0 aromatic carbocycles. The average Bonchev–Trinajstić information content (AvgIpc) is 2.85. The van der Waals surface area contributed by atoms with Crippen LogP contribution < -0.4 is 5.32 Å². The Morgan fingerprint density at radius 2 is 2.40 bits per heavy atom. The molecule has 6 heteroatoms. The number of hydrogen-bond acceptors (Lipinski definition) is 4. The standard InChI is InChI=1S/C9H7IN2O3/c10-5-9(13)11-8-4-7(15-12-8)6-2-1-3-14-6/h1-4H,5H2,(H,11,12,13). The van der Waals surface area contributed by atoms with Gasteiger partial charge in [0.05, 0.1) is 10.7 Å². The normalized spacial score (nSPS) is 10.2. The van der Waals surface area contributed by atoms with Gasteiger partial charge in [-0.3, -0.25) is 4.79 Å². The minimum absolute atomic E-state index is 0.116. The van der Waals surface area contributed by atoms with E-state index in [0.29, 0.717) is 21.8 Å². The van der Waals surface area contributed by atoms with Gasteiger partial charge in [0, 0.05) is 6.07 Å². The molecule has 0 aliphatic heterocycles. The smallest absolute Gasteiger partial charge is 0.235 e. The molecule has 0 spiro atoms. The lowest BCUT2D eigenvalue weighted by Crippen LogP contribution is -2.12. The predicted molar refractivity (Wildman–Crippen MR) is 61.7 cm³/mol. The van der Waals surface area contributed by atoms with Crippen LogP contribution in [-0.4, -0.2) is 15.5 Å². The highest BCUT2D eigenvalue weighted by atomic mass is 127. The number of amides is 1. The van der Waals surface area contributed by atoms with Crippen molar-refractivity contribution in [2.75, 3.05) is 9.74 Å². The fraction of sp³-hybridized carbons (Fsp3) is 0.111. The summed E-state index contributed by atoms with van der Waals surface area (Å²) in [7, 11) is 0. The Bertz CT molecular complexity index is 450. The van der Waals surface area contributed by atoms with E-state index in [0.717, 1.165) is 0 Å². The molecule has 0 saturated carbocycles. The highest BCUT2D eigenvalue weighted by Gasteiger charge is 2.10. The first kappa shape index (κ1) is 10.2. The van der Waals surface area contributed by atoms with Gasteiger partial charge in [0.1, 0.15) is 0 Å². The largest absolute Gasteiger partial charge is 0.461 e. The van der Waals surface area contributed by atoms with Crippen molar-refractivity contribution < 1.29 is 13.7 Å². The quantitative estimate of drug-likeness (QED) is 0.696. The second-order valence-electron chi connectivity index (χ2n) is 2.74. The number of nitrogens with one attached hydrogen (secondary N) is 1. The first-order valence-electron chi connectivity index (χ1n) is 4.16. The summed E-state index contributed by atoms with van der Waals surface area (Å²) in [5.74, 6) is 1.35. The summed E-state index contributed by atoms with van der Waals surface area (Å²) < 4.78 is 10.5. The summed E-state index contributed by atoms with van der Waals surface area (Å²) in [4.78, 5) is 11.1. The van der Waals surface area contributed by atoms with Crippen molar-refractivity contribution in [1.29, 1.82) is 0 Å². The molecule has 0 aliphatic rings. The number of nitrogens with zero attached hydrogens (tertiary/aromatic N) is 1. The van der Waals surface area contributed by atoms with E-state index in [-0.39, 0.29) is 5.91 Å². The van der Waals surface area contributed by atoms with Gasteiger partial charge in [0.25, 0.3) is 0 Å². The summed E-state index contributed by atoms with van der Waals surface area (Å²) >= 11 is 1.97. The van der Waals surface area contributed by atoms with Crippen LogP contribution in [0.3, 0.4) is 0 Å². The van der Waals surface area contributed by atoms with Crippen LogP contribution in [0.5, 0.6) is 0 Å². The lowest BCUT2D eigenvalue weighted by molar-refractivity contribution is -0.113. The van der Waals surface area contributed by atoms with Crippen molar-refractivity contribution in [2.24, 2.45) is 0 Å². The number of rotatable bonds is 3. The molecule has 5 nitrogen and oxygen atoms in total. The maximum Gasteiger partial charge on any atom is 0.235 e. The third-order valence-corrected chi connectivity index (χ3v) is 2.36. The van der Waals surface area contributed by atoms with Crippen LogP contribution in [0, 0.1) is 0 Å². The topological polar surface area (TPSA) is 68.3 Å². The molecule has 0 saturated heterocycles. The summed E-state index contributed by atoms with van der Waals surface area (Å²) in [6, 6.07) is 5.12. The van der Waals surface area contributed by atoms with Gasteiger partial charge in [0.2, 0.25) is 11.7 Å². The Balaban J connectivity index is 2.14. The molecule has 2 heterocycles. The van der Waals surface area contributed by atoms with Crippen molar-refractivity contribution in [3.8, 4) is 11.5 Å². The zero-order valence-electron chi connectivity index (χ0n) is 7.57. The molecule has 0 radical (unpaired) electrons. The van der Waals surface area contributed by atoms with E-state index in [1.54, 1.807) is 24.5 Å². The third-order valence-electron chi connectivity index (χ3n) is 1.66. The van der Waals surface area contributed by atoms with Crippen LogP contribution >= 0.6 is 22.6 Å². The molecule has 1 N–H and O–H groups in total.